The molecular formula is C16H16N2O2. The molecule has 3 aromatic rings. The molecule has 2 aromatic heterocycles. The number of hydrogen-bond donors (Lipinski definition) is 0. The molecule has 0 fully saturated rings. The first-order valence-corrected chi connectivity index (χ1v) is 6.66. The Labute approximate surface area is 117 Å². The predicted molar refractivity (Wildman–Crippen MR) is 75.3 cm³/mol. The van der Waals surface area contributed by atoms with Crippen LogP contribution in [0.15, 0.2) is 51.6 Å². The fourth-order valence-corrected chi connectivity index (χ4v) is 2.36. The Balaban J connectivity index is 1.77. The molecule has 0 amide bonds. The van der Waals surface area contributed by atoms with Crippen LogP contribution in [0, 0.1) is 6.92 Å². The van der Waals surface area contributed by atoms with E-state index in [0.29, 0.717) is 23.4 Å². The van der Waals surface area contributed by atoms with Crippen LogP contribution < -0.4 is 0 Å². The first kappa shape index (κ1) is 12.7. The number of aryl methyl sites for hydroxylation is 1. The van der Waals surface area contributed by atoms with E-state index < -0.39 is 0 Å². The molecule has 0 N–H and O–H groups in total. The summed E-state index contributed by atoms with van der Waals surface area (Å²) in [6, 6.07) is 12.0. The van der Waals surface area contributed by atoms with Gasteiger partial charge in [0.2, 0.25) is 11.7 Å². The van der Waals surface area contributed by atoms with Crippen LogP contribution in [0.2, 0.25) is 0 Å². The van der Waals surface area contributed by atoms with Crippen molar-refractivity contribution >= 4 is 0 Å². The van der Waals surface area contributed by atoms with E-state index in [0.717, 1.165) is 6.42 Å². The number of furan rings is 1. The van der Waals surface area contributed by atoms with Crippen molar-refractivity contribution in [3.8, 4) is 11.6 Å². The van der Waals surface area contributed by atoms with Gasteiger partial charge in [-0.2, -0.15) is 4.98 Å². The van der Waals surface area contributed by atoms with Crippen molar-refractivity contribution in [3.05, 3.63) is 59.7 Å². The van der Waals surface area contributed by atoms with Crippen molar-refractivity contribution in [1.82, 2.24) is 10.1 Å². The molecule has 0 aliphatic rings. The van der Waals surface area contributed by atoms with E-state index in [1.54, 1.807) is 12.3 Å². The minimum absolute atomic E-state index is 0.334. The zero-order chi connectivity index (χ0) is 13.9. The van der Waals surface area contributed by atoms with E-state index in [4.69, 9.17) is 8.94 Å². The Bertz CT molecular complexity index is 686. The van der Waals surface area contributed by atoms with Crippen LogP contribution in [0.25, 0.3) is 11.6 Å². The molecule has 1 aromatic carbocycles. The zero-order valence-electron chi connectivity index (χ0n) is 11.5. The van der Waals surface area contributed by atoms with E-state index in [1.807, 2.05) is 12.1 Å². The normalized spacial score (nSPS) is 12.5. The molecule has 3 rings (SSSR count). The lowest BCUT2D eigenvalue weighted by Crippen LogP contribution is -2.00. The smallest absolute Gasteiger partial charge is 0.238 e. The van der Waals surface area contributed by atoms with E-state index in [2.05, 4.69) is 42.2 Å². The van der Waals surface area contributed by atoms with Crippen molar-refractivity contribution in [2.45, 2.75) is 26.2 Å². The van der Waals surface area contributed by atoms with Crippen molar-refractivity contribution in [2.75, 3.05) is 0 Å². The van der Waals surface area contributed by atoms with Gasteiger partial charge in [0.15, 0.2) is 5.76 Å². The van der Waals surface area contributed by atoms with E-state index in [1.165, 1.54) is 11.1 Å². The first-order chi connectivity index (χ1) is 9.74. The van der Waals surface area contributed by atoms with Crippen molar-refractivity contribution in [3.63, 3.8) is 0 Å². The number of aromatic nitrogens is 2. The molecule has 0 saturated carbocycles. The lowest BCUT2D eigenvalue weighted by molar-refractivity contribution is 0.370. The molecule has 1 atom stereocenters. The standard InChI is InChI=1S/C16H16N2O2/c1-11-6-3-4-7-13(11)12(2)10-15-17-16(18-20-15)14-8-5-9-19-14/h3-9,12H,10H2,1-2H3. The molecule has 1 unspecified atom stereocenters. The molecule has 4 heteroatoms. The minimum Gasteiger partial charge on any atom is -0.461 e. The Hall–Kier alpha value is -2.36. The Morgan fingerprint density at radius 3 is 2.75 bits per heavy atom. The number of nitrogens with zero attached hydrogens (tertiary/aromatic N) is 2. The van der Waals surface area contributed by atoms with Crippen molar-refractivity contribution in [2.24, 2.45) is 0 Å². The summed E-state index contributed by atoms with van der Waals surface area (Å²) >= 11 is 0. The van der Waals surface area contributed by atoms with Crippen molar-refractivity contribution < 1.29 is 8.94 Å². The first-order valence-electron chi connectivity index (χ1n) is 6.66. The maximum atomic E-state index is 5.30. The highest BCUT2D eigenvalue weighted by atomic mass is 16.5. The van der Waals surface area contributed by atoms with Gasteiger partial charge in [-0.15, -0.1) is 0 Å². The van der Waals surface area contributed by atoms with Gasteiger partial charge < -0.3 is 8.94 Å². The van der Waals surface area contributed by atoms with Crippen molar-refractivity contribution in [1.29, 1.82) is 0 Å². The predicted octanol–water partition coefficient (Wildman–Crippen LogP) is 3.98. The molecule has 0 saturated heterocycles. The molecule has 2 heterocycles. The second-order valence-electron chi connectivity index (χ2n) is 4.95. The van der Waals surface area contributed by atoms with Gasteiger partial charge in [-0.3, -0.25) is 0 Å². The average molecular weight is 268 g/mol. The molecule has 0 aliphatic carbocycles. The highest BCUT2D eigenvalue weighted by Crippen LogP contribution is 2.24. The van der Waals surface area contributed by atoms with E-state index >= 15 is 0 Å². The van der Waals surface area contributed by atoms with Gasteiger partial charge in [0, 0.05) is 6.42 Å². The maximum absolute atomic E-state index is 5.30. The van der Waals surface area contributed by atoms with Crippen LogP contribution in [-0.2, 0) is 6.42 Å². The lowest BCUT2D eigenvalue weighted by atomic mass is 9.94. The Morgan fingerprint density at radius 2 is 2.00 bits per heavy atom. The fourth-order valence-electron chi connectivity index (χ4n) is 2.36. The topological polar surface area (TPSA) is 52.1 Å². The monoisotopic (exact) mass is 268 g/mol. The number of rotatable bonds is 4. The maximum Gasteiger partial charge on any atom is 0.238 e. The molecule has 0 aliphatic heterocycles. The summed E-state index contributed by atoms with van der Waals surface area (Å²) in [4.78, 5) is 4.38. The highest BCUT2D eigenvalue weighted by Gasteiger charge is 2.15. The number of hydrogen-bond acceptors (Lipinski definition) is 4. The van der Waals surface area contributed by atoms with Crippen LogP contribution in [0.4, 0.5) is 0 Å². The zero-order valence-corrected chi connectivity index (χ0v) is 11.5. The summed E-state index contributed by atoms with van der Waals surface area (Å²) in [5.41, 5.74) is 2.59. The van der Waals surface area contributed by atoms with Gasteiger partial charge in [0.1, 0.15) is 0 Å². The van der Waals surface area contributed by atoms with Gasteiger partial charge in [0.25, 0.3) is 0 Å². The van der Waals surface area contributed by atoms with Crippen LogP contribution in [-0.4, -0.2) is 10.1 Å². The number of benzene rings is 1. The third kappa shape index (κ3) is 2.50. The molecule has 0 spiro atoms. The van der Waals surface area contributed by atoms with Gasteiger partial charge in [-0.25, -0.2) is 0 Å². The van der Waals surface area contributed by atoms with Crippen LogP contribution in [0.1, 0.15) is 29.9 Å². The SMILES string of the molecule is Cc1ccccc1C(C)Cc1nc(-c2ccco2)no1. The molecule has 0 bridgehead atoms. The highest BCUT2D eigenvalue weighted by molar-refractivity contribution is 5.44. The van der Waals surface area contributed by atoms with E-state index in [-0.39, 0.29) is 0 Å². The largest absolute Gasteiger partial charge is 0.461 e. The molecule has 102 valence electrons. The fraction of sp³-hybridized carbons (Fsp3) is 0.250. The quantitative estimate of drug-likeness (QED) is 0.718. The Kier molecular flexibility index (Phi) is 3.37. The molecule has 0 radical (unpaired) electrons. The van der Waals surface area contributed by atoms with Gasteiger partial charge in [0.05, 0.1) is 6.26 Å². The lowest BCUT2D eigenvalue weighted by Gasteiger charge is -2.11. The Morgan fingerprint density at radius 1 is 1.15 bits per heavy atom. The third-order valence-corrected chi connectivity index (χ3v) is 3.41. The molecular weight excluding hydrogens is 252 g/mol. The third-order valence-electron chi connectivity index (χ3n) is 3.41. The van der Waals surface area contributed by atoms with Gasteiger partial charge in [-0.05, 0) is 36.1 Å². The van der Waals surface area contributed by atoms with Gasteiger partial charge >= 0.3 is 0 Å². The van der Waals surface area contributed by atoms with Crippen LogP contribution >= 0.6 is 0 Å². The summed E-state index contributed by atoms with van der Waals surface area (Å²) < 4.78 is 10.6. The summed E-state index contributed by atoms with van der Waals surface area (Å²) in [7, 11) is 0. The second kappa shape index (κ2) is 5.33. The molecule has 4 nitrogen and oxygen atoms in total. The van der Waals surface area contributed by atoms with Crippen LogP contribution in [0.5, 0.6) is 0 Å². The summed E-state index contributed by atoms with van der Waals surface area (Å²) in [5.74, 6) is 2.10. The molecule has 20 heavy (non-hydrogen) atoms. The summed E-state index contributed by atoms with van der Waals surface area (Å²) in [6.45, 7) is 4.28. The van der Waals surface area contributed by atoms with Gasteiger partial charge in [-0.1, -0.05) is 36.3 Å². The second-order valence-corrected chi connectivity index (χ2v) is 4.95. The summed E-state index contributed by atoms with van der Waals surface area (Å²) in [5, 5.41) is 3.95. The van der Waals surface area contributed by atoms with E-state index in [9.17, 15) is 0 Å². The minimum atomic E-state index is 0.334. The average Bonchev–Trinajstić information content (AvgIpc) is 3.09. The summed E-state index contributed by atoms with van der Waals surface area (Å²) in [6.07, 6.45) is 2.32. The van der Waals surface area contributed by atoms with Crippen LogP contribution in [0.3, 0.4) is 0 Å².